The highest BCUT2D eigenvalue weighted by Crippen LogP contribution is 2.08. The lowest BCUT2D eigenvalue weighted by Gasteiger charge is -2.06. The van der Waals surface area contributed by atoms with Gasteiger partial charge in [0.15, 0.2) is 0 Å². The third-order valence-electron chi connectivity index (χ3n) is 2.71. The topological polar surface area (TPSA) is 63.6 Å². The van der Waals surface area contributed by atoms with Crippen molar-refractivity contribution in [1.29, 1.82) is 0 Å². The SMILES string of the molecule is CC(C)CCCCCOC(=O)CCCCC(=O)O. The zero-order chi connectivity index (χ0) is 13.8. The fraction of sp³-hybridized carbons (Fsp3) is 0.857. The molecule has 0 rings (SSSR count). The van der Waals surface area contributed by atoms with E-state index in [1.165, 1.54) is 12.8 Å². The maximum Gasteiger partial charge on any atom is 0.305 e. The number of esters is 1. The summed E-state index contributed by atoms with van der Waals surface area (Å²) in [5, 5.41) is 8.43. The van der Waals surface area contributed by atoms with Crippen molar-refractivity contribution in [3.05, 3.63) is 0 Å². The van der Waals surface area contributed by atoms with E-state index in [0.29, 0.717) is 25.9 Å². The zero-order valence-corrected chi connectivity index (χ0v) is 11.6. The first-order valence-corrected chi connectivity index (χ1v) is 6.89. The van der Waals surface area contributed by atoms with Gasteiger partial charge in [0.2, 0.25) is 0 Å². The largest absolute Gasteiger partial charge is 0.481 e. The van der Waals surface area contributed by atoms with Crippen LogP contribution >= 0.6 is 0 Å². The predicted octanol–water partition coefficient (Wildman–Crippen LogP) is 3.39. The number of carboxylic acids is 1. The first kappa shape index (κ1) is 16.9. The molecule has 0 radical (unpaired) electrons. The van der Waals surface area contributed by atoms with Gasteiger partial charge >= 0.3 is 11.9 Å². The van der Waals surface area contributed by atoms with E-state index < -0.39 is 5.97 Å². The molecule has 0 fully saturated rings. The Morgan fingerprint density at radius 1 is 1.00 bits per heavy atom. The Balaban J connectivity index is 3.24. The summed E-state index contributed by atoms with van der Waals surface area (Å²) in [4.78, 5) is 21.5. The summed E-state index contributed by atoms with van der Waals surface area (Å²) in [6.45, 7) is 4.91. The number of carboxylic acid groups (broad SMARTS) is 1. The number of ether oxygens (including phenoxy) is 1. The monoisotopic (exact) mass is 258 g/mol. The first-order valence-electron chi connectivity index (χ1n) is 6.89. The van der Waals surface area contributed by atoms with Crippen LogP contribution in [0.4, 0.5) is 0 Å². The van der Waals surface area contributed by atoms with Crippen molar-refractivity contribution in [1.82, 2.24) is 0 Å². The molecule has 0 aromatic rings. The molecule has 0 heterocycles. The number of aliphatic carboxylic acids is 1. The molecule has 0 aliphatic rings. The zero-order valence-electron chi connectivity index (χ0n) is 11.6. The molecule has 0 saturated carbocycles. The van der Waals surface area contributed by atoms with Crippen LogP contribution in [-0.2, 0) is 14.3 Å². The third kappa shape index (κ3) is 13.0. The number of rotatable bonds is 11. The van der Waals surface area contributed by atoms with Gasteiger partial charge in [0.25, 0.3) is 0 Å². The van der Waals surface area contributed by atoms with Crippen molar-refractivity contribution in [3.63, 3.8) is 0 Å². The fourth-order valence-electron chi connectivity index (χ4n) is 1.64. The van der Waals surface area contributed by atoms with Crippen LogP contribution in [0.5, 0.6) is 0 Å². The molecule has 4 heteroatoms. The Morgan fingerprint density at radius 3 is 2.28 bits per heavy atom. The van der Waals surface area contributed by atoms with E-state index in [2.05, 4.69) is 13.8 Å². The molecule has 18 heavy (non-hydrogen) atoms. The summed E-state index contributed by atoms with van der Waals surface area (Å²) < 4.78 is 5.07. The van der Waals surface area contributed by atoms with Gasteiger partial charge in [-0.15, -0.1) is 0 Å². The van der Waals surface area contributed by atoms with Gasteiger partial charge in [-0.1, -0.05) is 33.1 Å². The highest BCUT2D eigenvalue weighted by Gasteiger charge is 2.04. The van der Waals surface area contributed by atoms with Crippen molar-refractivity contribution >= 4 is 11.9 Å². The lowest BCUT2D eigenvalue weighted by molar-refractivity contribution is -0.144. The molecule has 0 bridgehead atoms. The minimum atomic E-state index is -0.812. The average Bonchev–Trinajstić information content (AvgIpc) is 2.28. The molecule has 0 amide bonds. The molecule has 0 aromatic carbocycles. The van der Waals surface area contributed by atoms with Gasteiger partial charge in [-0.25, -0.2) is 0 Å². The van der Waals surface area contributed by atoms with Crippen LogP contribution in [0.15, 0.2) is 0 Å². The highest BCUT2D eigenvalue weighted by molar-refractivity contribution is 5.69. The minimum Gasteiger partial charge on any atom is -0.481 e. The van der Waals surface area contributed by atoms with E-state index in [1.54, 1.807) is 0 Å². The number of carbonyl (C=O) groups excluding carboxylic acids is 1. The first-order chi connectivity index (χ1) is 8.52. The summed E-state index contributed by atoms with van der Waals surface area (Å²) in [6, 6.07) is 0. The van der Waals surface area contributed by atoms with Gasteiger partial charge in [-0.3, -0.25) is 9.59 Å². The molecule has 0 saturated heterocycles. The fourth-order valence-corrected chi connectivity index (χ4v) is 1.64. The molecule has 0 spiro atoms. The number of hydrogen-bond donors (Lipinski definition) is 1. The van der Waals surface area contributed by atoms with Crippen LogP contribution in [-0.4, -0.2) is 23.7 Å². The molecule has 0 aliphatic heterocycles. The lowest BCUT2D eigenvalue weighted by Crippen LogP contribution is -2.06. The Hall–Kier alpha value is -1.06. The van der Waals surface area contributed by atoms with Crippen molar-refractivity contribution in [2.24, 2.45) is 5.92 Å². The molecule has 1 N–H and O–H groups in total. The summed E-state index contributed by atoms with van der Waals surface area (Å²) >= 11 is 0. The summed E-state index contributed by atoms with van der Waals surface area (Å²) in [6.07, 6.45) is 6.04. The van der Waals surface area contributed by atoms with E-state index in [1.807, 2.05) is 0 Å². The Bertz CT molecular complexity index is 236. The van der Waals surface area contributed by atoms with Gasteiger partial charge in [0, 0.05) is 12.8 Å². The quantitative estimate of drug-likeness (QED) is 0.456. The molecule has 0 atom stereocenters. The smallest absolute Gasteiger partial charge is 0.305 e. The maximum absolute atomic E-state index is 11.3. The summed E-state index contributed by atoms with van der Waals surface area (Å²) in [7, 11) is 0. The van der Waals surface area contributed by atoms with Gasteiger partial charge in [-0.05, 0) is 25.2 Å². The highest BCUT2D eigenvalue weighted by atomic mass is 16.5. The normalized spacial score (nSPS) is 10.6. The second kappa shape index (κ2) is 11.1. The molecule has 4 nitrogen and oxygen atoms in total. The van der Waals surface area contributed by atoms with E-state index in [-0.39, 0.29) is 12.4 Å². The van der Waals surface area contributed by atoms with Crippen molar-refractivity contribution in [3.8, 4) is 0 Å². The van der Waals surface area contributed by atoms with E-state index in [0.717, 1.165) is 18.8 Å². The van der Waals surface area contributed by atoms with Gasteiger partial charge in [-0.2, -0.15) is 0 Å². The molecule has 106 valence electrons. The van der Waals surface area contributed by atoms with Crippen LogP contribution in [0.1, 0.15) is 65.2 Å². The van der Waals surface area contributed by atoms with Gasteiger partial charge in [0.1, 0.15) is 0 Å². The molecule has 0 aromatic heterocycles. The molecular weight excluding hydrogens is 232 g/mol. The van der Waals surface area contributed by atoms with Crippen molar-refractivity contribution in [2.45, 2.75) is 65.2 Å². The summed E-state index contributed by atoms with van der Waals surface area (Å²) in [5.41, 5.74) is 0. The second-order valence-electron chi connectivity index (χ2n) is 5.06. The van der Waals surface area contributed by atoms with Crippen molar-refractivity contribution in [2.75, 3.05) is 6.61 Å². The van der Waals surface area contributed by atoms with E-state index in [9.17, 15) is 9.59 Å². The molecule has 0 unspecified atom stereocenters. The van der Waals surface area contributed by atoms with E-state index in [4.69, 9.17) is 9.84 Å². The van der Waals surface area contributed by atoms with Gasteiger partial charge < -0.3 is 9.84 Å². The lowest BCUT2D eigenvalue weighted by atomic mass is 10.1. The predicted molar refractivity (Wildman–Crippen MR) is 70.4 cm³/mol. The van der Waals surface area contributed by atoms with Crippen LogP contribution in [0, 0.1) is 5.92 Å². The minimum absolute atomic E-state index is 0.127. The van der Waals surface area contributed by atoms with Crippen LogP contribution in [0.2, 0.25) is 0 Å². The molecule has 0 aliphatic carbocycles. The van der Waals surface area contributed by atoms with Crippen LogP contribution in [0.3, 0.4) is 0 Å². The van der Waals surface area contributed by atoms with Crippen LogP contribution in [0.25, 0.3) is 0 Å². The Labute approximate surface area is 110 Å². The van der Waals surface area contributed by atoms with E-state index >= 15 is 0 Å². The average molecular weight is 258 g/mol. The second-order valence-corrected chi connectivity index (χ2v) is 5.06. The third-order valence-corrected chi connectivity index (χ3v) is 2.71. The van der Waals surface area contributed by atoms with Crippen molar-refractivity contribution < 1.29 is 19.4 Å². The number of carbonyl (C=O) groups is 2. The molecular formula is C14H26O4. The summed E-state index contributed by atoms with van der Waals surface area (Å²) in [5.74, 6) is -0.278. The maximum atomic E-state index is 11.3. The standard InChI is InChI=1S/C14H26O4/c1-12(2)8-4-3-7-11-18-14(17)10-6-5-9-13(15)16/h12H,3-11H2,1-2H3,(H,15,16). The Kier molecular flexibility index (Phi) is 10.4. The van der Waals surface area contributed by atoms with Crippen LogP contribution < -0.4 is 0 Å². The Morgan fingerprint density at radius 2 is 1.67 bits per heavy atom. The number of unbranched alkanes of at least 4 members (excludes halogenated alkanes) is 3. The van der Waals surface area contributed by atoms with Gasteiger partial charge in [0.05, 0.1) is 6.61 Å². The number of hydrogen-bond acceptors (Lipinski definition) is 3.